The molecule has 0 amide bonds. The summed E-state index contributed by atoms with van der Waals surface area (Å²) in [5, 5.41) is 0. The Bertz CT molecular complexity index is 1320. The van der Waals surface area contributed by atoms with Crippen LogP contribution in [0.2, 0.25) is 0 Å². The zero-order chi connectivity index (χ0) is 31.5. The highest BCUT2D eigenvalue weighted by atomic mass is 16.5. The molecule has 0 aliphatic heterocycles. The molecule has 6 rings (SSSR count). The van der Waals surface area contributed by atoms with Gasteiger partial charge in [0.1, 0.15) is 11.6 Å². The number of ether oxygens (including phenoxy) is 2. The highest BCUT2D eigenvalue weighted by Gasteiger charge is 2.46. The lowest BCUT2D eigenvalue weighted by molar-refractivity contribution is -0.124. The minimum atomic E-state index is -0.270. The molecule has 0 bridgehead atoms. The van der Waals surface area contributed by atoms with E-state index in [0.717, 1.165) is 77.0 Å². The molecule has 2 saturated carbocycles. The van der Waals surface area contributed by atoms with Crippen molar-refractivity contribution in [3.63, 3.8) is 0 Å². The lowest BCUT2D eigenvalue weighted by atomic mass is 9.60. The number of ketones is 2. The van der Waals surface area contributed by atoms with Gasteiger partial charge in [0.2, 0.25) is 0 Å². The average molecular weight is 601 g/mol. The first kappa shape index (κ1) is 32.1. The van der Waals surface area contributed by atoms with E-state index in [4.69, 9.17) is 9.47 Å². The van der Waals surface area contributed by atoms with E-state index in [2.05, 4.69) is 26.0 Å². The first-order valence-electron chi connectivity index (χ1n) is 16.7. The van der Waals surface area contributed by atoms with E-state index in [-0.39, 0.29) is 22.8 Å². The van der Waals surface area contributed by atoms with Crippen molar-refractivity contribution in [2.75, 3.05) is 14.2 Å². The van der Waals surface area contributed by atoms with Gasteiger partial charge >= 0.3 is 11.9 Å². The summed E-state index contributed by atoms with van der Waals surface area (Å²) in [6.45, 7) is 4.48. The summed E-state index contributed by atoms with van der Waals surface area (Å²) in [5.41, 5.74) is 6.82. The maximum Gasteiger partial charge on any atom is 0.337 e. The lowest BCUT2D eigenvalue weighted by Gasteiger charge is -2.43. The molecule has 0 spiro atoms. The monoisotopic (exact) mass is 600 g/mol. The summed E-state index contributed by atoms with van der Waals surface area (Å²) in [6.07, 6.45) is 13.3. The van der Waals surface area contributed by atoms with E-state index < -0.39 is 0 Å². The summed E-state index contributed by atoms with van der Waals surface area (Å²) in [5.74, 6) is 1.22. The zero-order valence-corrected chi connectivity index (χ0v) is 27.0. The number of esters is 2. The number of carbonyl (C=O) groups is 4. The highest BCUT2D eigenvalue weighted by molar-refractivity contribution is 5.90. The average Bonchev–Trinajstić information content (AvgIpc) is 3.31. The van der Waals surface area contributed by atoms with Crippen molar-refractivity contribution in [2.45, 2.75) is 115 Å². The summed E-state index contributed by atoms with van der Waals surface area (Å²) in [4.78, 5) is 47.4. The van der Waals surface area contributed by atoms with Gasteiger partial charge in [-0.25, -0.2) is 9.59 Å². The van der Waals surface area contributed by atoms with E-state index in [0.29, 0.717) is 47.4 Å². The minimum Gasteiger partial charge on any atom is -0.465 e. The Hall–Kier alpha value is -3.28. The van der Waals surface area contributed by atoms with Gasteiger partial charge in [0.05, 0.1) is 25.3 Å². The van der Waals surface area contributed by atoms with Gasteiger partial charge in [-0.1, -0.05) is 26.0 Å². The number of methoxy groups -OCH3 is 2. The SMILES string of the molecule is CC[C@@]12CCC(=O)C[C@@H]1CCCc1cc(C(=O)OC)ccc12.CC[C@]12CCC(=O)C[C@H]1CCCc1cc(C(=O)OC)ccc12. The number of hydrogen-bond donors (Lipinski definition) is 0. The molecule has 4 aliphatic rings. The van der Waals surface area contributed by atoms with Crippen LogP contribution in [0, 0.1) is 11.8 Å². The molecule has 6 heteroatoms. The number of fused-ring (bicyclic) bond motifs is 6. The van der Waals surface area contributed by atoms with Crippen LogP contribution >= 0.6 is 0 Å². The predicted molar refractivity (Wildman–Crippen MR) is 170 cm³/mol. The second-order valence-electron chi connectivity index (χ2n) is 13.4. The fourth-order valence-electron chi connectivity index (χ4n) is 9.20. The Kier molecular flexibility index (Phi) is 9.77. The van der Waals surface area contributed by atoms with Crippen molar-refractivity contribution in [2.24, 2.45) is 11.8 Å². The van der Waals surface area contributed by atoms with Crippen molar-refractivity contribution < 1.29 is 28.7 Å². The van der Waals surface area contributed by atoms with Gasteiger partial charge in [-0.15, -0.1) is 0 Å². The zero-order valence-electron chi connectivity index (χ0n) is 27.0. The lowest BCUT2D eigenvalue weighted by Crippen LogP contribution is -2.40. The van der Waals surface area contributed by atoms with Gasteiger partial charge in [0.15, 0.2) is 0 Å². The van der Waals surface area contributed by atoms with Crippen molar-refractivity contribution in [1.29, 1.82) is 0 Å². The third-order valence-electron chi connectivity index (χ3n) is 11.6. The Balaban J connectivity index is 0.000000175. The maximum absolute atomic E-state index is 11.9. The van der Waals surface area contributed by atoms with Crippen LogP contribution in [0.1, 0.15) is 134 Å². The second kappa shape index (κ2) is 13.4. The van der Waals surface area contributed by atoms with Crippen molar-refractivity contribution in [1.82, 2.24) is 0 Å². The third kappa shape index (κ3) is 5.89. The molecule has 0 saturated heterocycles. The Morgan fingerprint density at radius 3 is 1.45 bits per heavy atom. The predicted octanol–water partition coefficient (Wildman–Crippen LogP) is 7.65. The summed E-state index contributed by atoms with van der Waals surface area (Å²) < 4.78 is 9.69. The van der Waals surface area contributed by atoms with Gasteiger partial charge in [-0.05, 0) is 133 Å². The van der Waals surface area contributed by atoms with E-state index in [1.165, 1.54) is 36.5 Å². The van der Waals surface area contributed by atoms with Gasteiger partial charge in [-0.3, -0.25) is 9.59 Å². The van der Waals surface area contributed by atoms with Crippen LogP contribution < -0.4 is 0 Å². The maximum atomic E-state index is 11.9. The number of hydrogen-bond acceptors (Lipinski definition) is 6. The van der Waals surface area contributed by atoms with E-state index in [9.17, 15) is 19.2 Å². The Labute approximate surface area is 262 Å². The second-order valence-corrected chi connectivity index (χ2v) is 13.4. The van der Waals surface area contributed by atoms with Crippen molar-refractivity contribution in [3.8, 4) is 0 Å². The number of carbonyl (C=O) groups excluding carboxylic acids is 4. The quantitative estimate of drug-likeness (QED) is 0.335. The van der Waals surface area contributed by atoms with Gasteiger partial charge in [0.25, 0.3) is 0 Å². The van der Waals surface area contributed by atoms with Crippen molar-refractivity contribution >= 4 is 23.5 Å². The summed E-state index contributed by atoms with van der Waals surface area (Å²) >= 11 is 0. The molecule has 2 fully saturated rings. The molecule has 0 unspecified atom stereocenters. The number of Topliss-reactive ketones (excluding diaryl/α,β-unsaturated/α-hetero) is 2. The molecule has 4 atom stereocenters. The largest absolute Gasteiger partial charge is 0.465 e. The molecule has 0 radical (unpaired) electrons. The van der Waals surface area contributed by atoms with Crippen LogP contribution in [0.25, 0.3) is 0 Å². The fraction of sp³-hybridized carbons (Fsp3) is 0.579. The van der Waals surface area contributed by atoms with Gasteiger partial charge in [-0.2, -0.15) is 0 Å². The van der Waals surface area contributed by atoms with Crippen LogP contribution in [0.3, 0.4) is 0 Å². The molecule has 2 aromatic carbocycles. The van der Waals surface area contributed by atoms with Gasteiger partial charge in [0, 0.05) is 25.7 Å². The molecule has 0 N–H and O–H groups in total. The molecular weight excluding hydrogens is 552 g/mol. The number of benzene rings is 2. The third-order valence-corrected chi connectivity index (χ3v) is 11.6. The Morgan fingerprint density at radius 1 is 0.682 bits per heavy atom. The number of aryl methyl sites for hydroxylation is 2. The van der Waals surface area contributed by atoms with E-state index in [1.54, 1.807) is 0 Å². The van der Waals surface area contributed by atoms with Gasteiger partial charge < -0.3 is 9.47 Å². The molecule has 4 aliphatic carbocycles. The van der Waals surface area contributed by atoms with E-state index in [1.807, 2.05) is 24.3 Å². The number of rotatable bonds is 4. The first-order valence-corrected chi connectivity index (χ1v) is 16.7. The molecule has 44 heavy (non-hydrogen) atoms. The topological polar surface area (TPSA) is 86.7 Å². The minimum absolute atomic E-state index is 0.119. The Morgan fingerprint density at radius 2 is 1.09 bits per heavy atom. The fourth-order valence-corrected chi connectivity index (χ4v) is 9.20. The summed E-state index contributed by atoms with van der Waals surface area (Å²) in [6, 6.07) is 12.1. The van der Waals surface area contributed by atoms with E-state index >= 15 is 0 Å². The van der Waals surface area contributed by atoms with Crippen LogP contribution in [0.4, 0.5) is 0 Å². The molecule has 0 aromatic heterocycles. The van der Waals surface area contributed by atoms with Crippen LogP contribution in [-0.4, -0.2) is 37.7 Å². The summed E-state index contributed by atoms with van der Waals surface area (Å²) in [7, 11) is 2.84. The first-order chi connectivity index (χ1) is 21.2. The standard InChI is InChI=1S/2C19H24O3/c2*1-3-19-10-9-16(20)12-15(19)6-4-5-13-11-14(18(21)22-2)7-8-17(13)19/h2*7-8,11,15H,3-6,9-10,12H2,1-2H3/t2*15-,19+/m10/s1. The molecule has 6 nitrogen and oxygen atoms in total. The molecule has 236 valence electrons. The van der Waals surface area contributed by atoms with Crippen LogP contribution in [0.5, 0.6) is 0 Å². The van der Waals surface area contributed by atoms with Crippen molar-refractivity contribution in [3.05, 3.63) is 69.8 Å². The highest BCUT2D eigenvalue weighted by Crippen LogP contribution is 2.51. The molecular formula is C38H48O6. The van der Waals surface area contributed by atoms with Crippen LogP contribution in [-0.2, 0) is 42.7 Å². The smallest absolute Gasteiger partial charge is 0.337 e. The molecule has 2 aromatic rings. The molecule has 0 heterocycles. The normalized spacial score (nSPS) is 27.5. The van der Waals surface area contributed by atoms with Crippen LogP contribution in [0.15, 0.2) is 36.4 Å².